The van der Waals surface area contributed by atoms with E-state index < -0.39 is 5.97 Å². The lowest BCUT2D eigenvalue weighted by molar-refractivity contribution is -0.131. The topological polar surface area (TPSA) is 69.6 Å². The average molecular weight is 290 g/mol. The fraction of sp³-hybridized carbons (Fsp3) is 0.375. The third-order valence-corrected chi connectivity index (χ3v) is 2.93. The first-order chi connectivity index (χ1) is 9.93. The predicted molar refractivity (Wildman–Crippen MR) is 84.3 cm³/mol. The molecule has 0 unspecified atom stereocenters. The number of carbonyl (C=O) groups is 2. The number of nitrogens with one attached hydrogen (secondary N) is 1. The van der Waals surface area contributed by atoms with Crippen molar-refractivity contribution in [1.82, 2.24) is 4.90 Å². The number of hydrogen-bond donors (Lipinski definition) is 2. The fourth-order valence-corrected chi connectivity index (χ4v) is 1.88. The van der Waals surface area contributed by atoms with Gasteiger partial charge in [0, 0.05) is 24.4 Å². The lowest BCUT2D eigenvalue weighted by atomic mass is 10.2. The van der Waals surface area contributed by atoms with E-state index in [-0.39, 0.29) is 12.1 Å². The molecule has 114 valence electrons. The first-order valence-electron chi connectivity index (χ1n) is 7.02. The quantitative estimate of drug-likeness (QED) is 0.788. The number of anilines is 1. The van der Waals surface area contributed by atoms with E-state index in [9.17, 15) is 9.59 Å². The highest BCUT2D eigenvalue weighted by Crippen LogP contribution is 2.12. The van der Waals surface area contributed by atoms with Crippen LogP contribution in [0.3, 0.4) is 0 Å². The molecule has 2 N–H and O–H groups in total. The van der Waals surface area contributed by atoms with E-state index in [1.54, 1.807) is 29.2 Å². The Morgan fingerprint density at radius 1 is 1.29 bits per heavy atom. The smallest absolute Gasteiger partial charge is 0.328 e. The maximum absolute atomic E-state index is 12.2. The van der Waals surface area contributed by atoms with Crippen molar-refractivity contribution in [3.8, 4) is 0 Å². The monoisotopic (exact) mass is 290 g/mol. The SMILES string of the molecule is CCCN(C(=O)Nc1ccc(C=CC(=O)O)cc1)C(C)C. The lowest BCUT2D eigenvalue weighted by Crippen LogP contribution is -2.40. The van der Waals surface area contributed by atoms with Crippen molar-refractivity contribution in [3.63, 3.8) is 0 Å². The highest BCUT2D eigenvalue weighted by atomic mass is 16.4. The second-order valence-corrected chi connectivity index (χ2v) is 5.01. The molecule has 0 aromatic heterocycles. The Morgan fingerprint density at radius 2 is 1.90 bits per heavy atom. The summed E-state index contributed by atoms with van der Waals surface area (Å²) in [4.78, 5) is 24.4. The number of carboxylic acid groups (broad SMARTS) is 1. The summed E-state index contributed by atoms with van der Waals surface area (Å²) in [5.74, 6) is -0.987. The van der Waals surface area contributed by atoms with Crippen LogP contribution in [0.4, 0.5) is 10.5 Å². The van der Waals surface area contributed by atoms with Crippen LogP contribution >= 0.6 is 0 Å². The minimum atomic E-state index is -0.987. The van der Waals surface area contributed by atoms with Crippen LogP contribution in [0.15, 0.2) is 30.3 Å². The van der Waals surface area contributed by atoms with Crippen molar-refractivity contribution in [2.75, 3.05) is 11.9 Å². The molecule has 0 fully saturated rings. The van der Waals surface area contributed by atoms with Gasteiger partial charge in [0.05, 0.1) is 0 Å². The molecule has 1 rings (SSSR count). The molecule has 0 radical (unpaired) electrons. The van der Waals surface area contributed by atoms with Crippen molar-refractivity contribution in [1.29, 1.82) is 0 Å². The number of carboxylic acids is 1. The van der Waals surface area contributed by atoms with Gasteiger partial charge in [0.2, 0.25) is 0 Å². The van der Waals surface area contributed by atoms with Crippen LogP contribution < -0.4 is 5.32 Å². The number of nitrogens with zero attached hydrogens (tertiary/aromatic N) is 1. The summed E-state index contributed by atoms with van der Waals surface area (Å²) in [6, 6.07) is 7.04. The molecular formula is C16H22N2O3. The van der Waals surface area contributed by atoms with Gasteiger partial charge in [-0.05, 0) is 44.0 Å². The van der Waals surface area contributed by atoms with E-state index in [1.807, 2.05) is 20.8 Å². The molecule has 0 aliphatic heterocycles. The summed E-state index contributed by atoms with van der Waals surface area (Å²) >= 11 is 0. The zero-order valence-electron chi connectivity index (χ0n) is 12.7. The zero-order valence-corrected chi connectivity index (χ0v) is 12.7. The maximum Gasteiger partial charge on any atom is 0.328 e. The van der Waals surface area contributed by atoms with E-state index in [0.29, 0.717) is 12.2 Å². The number of carbonyl (C=O) groups excluding carboxylic acids is 1. The van der Waals surface area contributed by atoms with Crippen molar-refractivity contribution in [2.24, 2.45) is 0 Å². The van der Waals surface area contributed by atoms with Crippen molar-refractivity contribution in [2.45, 2.75) is 33.2 Å². The summed E-state index contributed by atoms with van der Waals surface area (Å²) in [5.41, 5.74) is 1.46. The summed E-state index contributed by atoms with van der Waals surface area (Å²) in [5, 5.41) is 11.4. The van der Waals surface area contributed by atoms with Crippen LogP contribution in [0.2, 0.25) is 0 Å². The van der Waals surface area contributed by atoms with Crippen molar-refractivity contribution in [3.05, 3.63) is 35.9 Å². The minimum Gasteiger partial charge on any atom is -0.478 e. The number of urea groups is 1. The second-order valence-electron chi connectivity index (χ2n) is 5.01. The highest BCUT2D eigenvalue weighted by Gasteiger charge is 2.15. The standard InChI is InChI=1S/C16H22N2O3/c1-4-11-18(12(2)3)16(21)17-14-8-5-13(6-9-14)7-10-15(19)20/h5-10,12H,4,11H2,1-3H3,(H,17,21)(H,19,20). The van der Waals surface area contributed by atoms with Crippen LogP contribution in [-0.4, -0.2) is 34.6 Å². The molecule has 1 aromatic rings. The molecule has 0 aliphatic carbocycles. The lowest BCUT2D eigenvalue weighted by Gasteiger charge is -2.26. The van der Waals surface area contributed by atoms with Crippen LogP contribution in [0.25, 0.3) is 6.08 Å². The van der Waals surface area contributed by atoms with Crippen LogP contribution in [0.5, 0.6) is 0 Å². The zero-order chi connectivity index (χ0) is 15.8. The molecule has 0 saturated carbocycles. The first kappa shape index (κ1) is 16.8. The Kier molecular flexibility index (Phi) is 6.46. The van der Waals surface area contributed by atoms with E-state index in [1.165, 1.54) is 6.08 Å². The third kappa shape index (κ3) is 5.69. The van der Waals surface area contributed by atoms with E-state index in [0.717, 1.165) is 18.1 Å². The Hall–Kier alpha value is -2.30. The molecule has 2 amide bonds. The van der Waals surface area contributed by atoms with Gasteiger partial charge in [-0.25, -0.2) is 9.59 Å². The van der Waals surface area contributed by atoms with Gasteiger partial charge in [-0.1, -0.05) is 19.1 Å². The second kappa shape index (κ2) is 8.09. The molecule has 0 bridgehead atoms. The third-order valence-electron chi connectivity index (χ3n) is 2.93. The normalized spacial score (nSPS) is 10.9. The van der Waals surface area contributed by atoms with E-state index in [4.69, 9.17) is 5.11 Å². The Balaban J connectivity index is 2.70. The molecule has 0 spiro atoms. The van der Waals surface area contributed by atoms with Gasteiger partial charge in [-0.3, -0.25) is 0 Å². The Bertz CT molecular complexity index is 507. The van der Waals surface area contributed by atoms with Crippen LogP contribution in [0.1, 0.15) is 32.8 Å². The van der Waals surface area contributed by atoms with Crippen LogP contribution in [-0.2, 0) is 4.79 Å². The van der Waals surface area contributed by atoms with Gasteiger partial charge in [-0.15, -0.1) is 0 Å². The Labute approximate surface area is 125 Å². The molecular weight excluding hydrogens is 268 g/mol. The van der Waals surface area contributed by atoms with Crippen LogP contribution in [0, 0.1) is 0 Å². The van der Waals surface area contributed by atoms with Gasteiger partial charge in [0.1, 0.15) is 0 Å². The number of aliphatic carboxylic acids is 1. The molecule has 21 heavy (non-hydrogen) atoms. The van der Waals surface area contributed by atoms with E-state index in [2.05, 4.69) is 5.32 Å². The summed E-state index contributed by atoms with van der Waals surface area (Å²) in [6.07, 6.45) is 3.49. The van der Waals surface area contributed by atoms with Gasteiger partial charge < -0.3 is 15.3 Å². The predicted octanol–water partition coefficient (Wildman–Crippen LogP) is 3.44. The number of amides is 2. The molecule has 0 heterocycles. The summed E-state index contributed by atoms with van der Waals surface area (Å²) < 4.78 is 0. The molecule has 5 nitrogen and oxygen atoms in total. The number of hydrogen-bond acceptors (Lipinski definition) is 2. The minimum absolute atomic E-state index is 0.124. The van der Waals surface area contributed by atoms with E-state index >= 15 is 0 Å². The van der Waals surface area contributed by atoms with Gasteiger partial charge in [0.15, 0.2) is 0 Å². The molecule has 1 aromatic carbocycles. The maximum atomic E-state index is 12.2. The molecule has 0 saturated heterocycles. The first-order valence-corrected chi connectivity index (χ1v) is 7.02. The molecule has 5 heteroatoms. The van der Waals surface area contributed by atoms with Crippen molar-refractivity contribution < 1.29 is 14.7 Å². The molecule has 0 atom stereocenters. The number of benzene rings is 1. The Morgan fingerprint density at radius 3 is 2.38 bits per heavy atom. The van der Waals surface area contributed by atoms with Gasteiger partial charge in [-0.2, -0.15) is 0 Å². The summed E-state index contributed by atoms with van der Waals surface area (Å²) in [7, 11) is 0. The largest absolute Gasteiger partial charge is 0.478 e. The molecule has 0 aliphatic rings. The fourth-order valence-electron chi connectivity index (χ4n) is 1.88. The van der Waals surface area contributed by atoms with Crippen molar-refractivity contribution >= 4 is 23.8 Å². The average Bonchev–Trinajstić information content (AvgIpc) is 2.43. The summed E-state index contributed by atoms with van der Waals surface area (Å²) in [6.45, 7) is 6.71. The number of rotatable bonds is 6. The van der Waals surface area contributed by atoms with Gasteiger partial charge >= 0.3 is 12.0 Å². The highest BCUT2D eigenvalue weighted by molar-refractivity contribution is 5.90. The van der Waals surface area contributed by atoms with Gasteiger partial charge in [0.25, 0.3) is 0 Å².